The SMILES string of the molecule is CC1CN=C(Nc2cc(F)cc(F)c2)SC1. The second-order valence-corrected chi connectivity index (χ2v) is 4.85. The fourth-order valence-electron chi connectivity index (χ4n) is 1.38. The molecule has 0 amide bonds. The lowest BCUT2D eigenvalue weighted by Gasteiger charge is -2.17. The zero-order valence-corrected chi connectivity index (χ0v) is 9.65. The number of hydrogen-bond acceptors (Lipinski definition) is 3. The molecule has 1 unspecified atom stereocenters. The van der Waals surface area contributed by atoms with Gasteiger partial charge in [0.2, 0.25) is 0 Å². The van der Waals surface area contributed by atoms with Crippen LogP contribution in [0.15, 0.2) is 23.2 Å². The fourth-order valence-corrected chi connectivity index (χ4v) is 2.29. The highest BCUT2D eigenvalue weighted by Gasteiger charge is 2.12. The van der Waals surface area contributed by atoms with Crippen LogP contribution in [0.5, 0.6) is 0 Å². The molecule has 1 aromatic rings. The summed E-state index contributed by atoms with van der Waals surface area (Å²) in [5, 5.41) is 3.64. The molecule has 1 aromatic carbocycles. The van der Waals surface area contributed by atoms with Crippen molar-refractivity contribution in [3.05, 3.63) is 29.8 Å². The van der Waals surface area contributed by atoms with Crippen molar-refractivity contribution in [1.82, 2.24) is 0 Å². The van der Waals surface area contributed by atoms with E-state index in [9.17, 15) is 8.78 Å². The largest absolute Gasteiger partial charge is 0.335 e. The lowest BCUT2D eigenvalue weighted by molar-refractivity contribution is 0.584. The normalized spacial score (nSPS) is 20.4. The predicted octanol–water partition coefficient (Wildman–Crippen LogP) is 3.12. The maximum Gasteiger partial charge on any atom is 0.161 e. The van der Waals surface area contributed by atoms with Crippen molar-refractivity contribution in [2.24, 2.45) is 10.9 Å². The van der Waals surface area contributed by atoms with E-state index < -0.39 is 11.6 Å². The number of hydrogen-bond donors (Lipinski definition) is 1. The summed E-state index contributed by atoms with van der Waals surface area (Å²) in [7, 11) is 0. The Balaban J connectivity index is 2.09. The number of thioether (sulfide) groups is 1. The first-order valence-electron chi connectivity index (χ1n) is 5.04. The van der Waals surface area contributed by atoms with Crippen LogP contribution < -0.4 is 5.32 Å². The standard InChI is InChI=1S/C11H12F2N2S/c1-7-5-14-11(16-6-7)15-10-3-8(12)2-9(13)4-10/h2-4,7H,5-6H2,1H3,(H,14,15). The van der Waals surface area contributed by atoms with Crippen LogP contribution in [0.25, 0.3) is 0 Å². The van der Waals surface area contributed by atoms with Crippen LogP contribution in [-0.4, -0.2) is 17.5 Å². The second-order valence-electron chi connectivity index (χ2n) is 3.85. The quantitative estimate of drug-likeness (QED) is 0.818. The summed E-state index contributed by atoms with van der Waals surface area (Å²) in [6.07, 6.45) is 0. The van der Waals surface area contributed by atoms with Gasteiger partial charge in [-0.3, -0.25) is 4.99 Å². The average molecular weight is 242 g/mol. The molecule has 1 heterocycles. The van der Waals surface area contributed by atoms with Crippen LogP contribution in [0.4, 0.5) is 14.5 Å². The van der Waals surface area contributed by atoms with E-state index in [2.05, 4.69) is 17.2 Å². The maximum absolute atomic E-state index is 12.9. The lowest BCUT2D eigenvalue weighted by Crippen LogP contribution is -2.18. The molecule has 2 rings (SSSR count). The second kappa shape index (κ2) is 4.82. The monoisotopic (exact) mass is 242 g/mol. The summed E-state index contributed by atoms with van der Waals surface area (Å²) in [4.78, 5) is 4.29. The van der Waals surface area contributed by atoms with Gasteiger partial charge >= 0.3 is 0 Å². The molecule has 2 nitrogen and oxygen atoms in total. The number of nitrogens with one attached hydrogen (secondary N) is 1. The molecule has 0 saturated heterocycles. The van der Waals surface area contributed by atoms with Crippen LogP contribution in [0, 0.1) is 17.6 Å². The molecule has 1 atom stereocenters. The fraction of sp³-hybridized carbons (Fsp3) is 0.364. The number of nitrogens with zero attached hydrogens (tertiary/aromatic N) is 1. The zero-order chi connectivity index (χ0) is 11.5. The van der Waals surface area contributed by atoms with Gasteiger partial charge in [0.05, 0.1) is 0 Å². The predicted molar refractivity (Wildman–Crippen MR) is 63.9 cm³/mol. The molecule has 1 aliphatic rings. The minimum Gasteiger partial charge on any atom is -0.335 e. The number of amidine groups is 1. The average Bonchev–Trinajstić information content (AvgIpc) is 2.20. The molecule has 0 aromatic heterocycles. The maximum atomic E-state index is 12.9. The first-order valence-corrected chi connectivity index (χ1v) is 6.02. The van der Waals surface area contributed by atoms with Crippen molar-refractivity contribution >= 4 is 22.6 Å². The van der Waals surface area contributed by atoms with E-state index in [-0.39, 0.29) is 0 Å². The van der Waals surface area contributed by atoms with Crippen molar-refractivity contribution in [2.45, 2.75) is 6.92 Å². The first-order chi connectivity index (χ1) is 7.63. The summed E-state index contributed by atoms with van der Waals surface area (Å²) in [6.45, 7) is 2.88. The van der Waals surface area contributed by atoms with Gasteiger partial charge in [-0.1, -0.05) is 18.7 Å². The van der Waals surface area contributed by atoms with Gasteiger partial charge in [-0.25, -0.2) is 8.78 Å². The lowest BCUT2D eigenvalue weighted by atomic mass is 10.2. The van der Waals surface area contributed by atoms with E-state index in [4.69, 9.17) is 0 Å². The highest BCUT2D eigenvalue weighted by molar-refractivity contribution is 8.14. The summed E-state index contributed by atoms with van der Waals surface area (Å²) < 4.78 is 25.8. The van der Waals surface area contributed by atoms with Crippen LogP contribution in [-0.2, 0) is 0 Å². The summed E-state index contributed by atoms with van der Waals surface area (Å²) >= 11 is 1.57. The van der Waals surface area contributed by atoms with Crippen molar-refractivity contribution in [3.63, 3.8) is 0 Å². The highest BCUT2D eigenvalue weighted by Crippen LogP contribution is 2.20. The number of benzene rings is 1. The summed E-state index contributed by atoms with van der Waals surface area (Å²) in [6, 6.07) is 3.36. The minimum absolute atomic E-state index is 0.401. The van der Waals surface area contributed by atoms with E-state index in [1.54, 1.807) is 11.8 Å². The molecule has 0 radical (unpaired) electrons. The number of anilines is 1. The Hall–Kier alpha value is -1.10. The molecule has 0 spiro atoms. The number of halogens is 2. The van der Waals surface area contributed by atoms with Gasteiger partial charge in [0.1, 0.15) is 11.6 Å². The topological polar surface area (TPSA) is 24.4 Å². The van der Waals surface area contributed by atoms with Crippen molar-refractivity contribution < 1.29 is 8.78 Å². The van der Waals surface area contributed by atoms with Gasteiger partial charge in [-0.2, -0.15) is 0 Å². The smallest absolute Gasteiger partial charge is 0.161 e. The molecule has 0 fully saturated rings. The molecular formula is C11H12F2N2S. The first kappa shape index (κ1) is 11.4. The molecule has 1 aliphatic heterocycles. The van der Waals surface area contributed by atoms with Crippen molar-refractivity contribution in [1.29, 1.82) is 0 Å². The molecule has 16 heavy (non-hydrogen) atoms. The molecule has 0 aliphatic carbocycles. The third-order valence-corrected chi connectivity index (χ3v) is 3.41. The minimum atomic E-state index is -0.586. The summed E-state index contributed by atoms with van der Waals surface area (Å²) in [5.74, 6) is 0.359. The van der Waals surface area contributed by atoms with Gasteiger partial charge in [0.15, 0.2) is 5.17 Å². The summed E-state index contributed by atoms with van der Waals surface area (Å²) in [5.41, 5.74) is 0.401. The molecule has 5 heteroatoms. The Morgan fingerprint density at radius 3 is 2.56 bits per heavy atom. The zero-order valence-electron chi connectivity index (χ0n) is 8.84. The Morgan fingerprint density at radius 2 is 2.00 bits per heavy atom. The van der Waals surface area contributed by atoms with Crippen LogP contribution >= 0.6 is 11.8 Å². The van der Waals surface area contributed by atoms with Crippen LogP contribution in [0.3, 0.4) is 0 Å². The molecule has 86 valence electrons. The van der Waals surface area contributed by atoms with E-state index in [1.165, 1.54) is 12.1 Å². The number of aliphatic imine (C=N–C) groups is 1. The van der Waals surface area contributed by atoms with Crippen LogP contribution in [0.2, 0.25) is 0 Å². The third kappa shape index (κ3) is 2.95. The molecule has 0 bridgehead atoms. The van der Waals surface area contributed by atoms with Gasteiger partial charge in [-0.15, -0.1) is 0 Å². The van der Waals surface area contributed by atoms with E-state index in [0.29, 0.717) is 11.6 Å². The highest BCUT2D eigenvalue weighted by atomic mass is 32.2. The Kier molecular flexibility index (Phi) is 3.43. The number of rotatable bonds is 1. The van der Waals surface area contributed by atoms with Crippen molar-refractivity contribution in [2.75, 3.05) is 17.6 Å². The van der Waals surface area contributed by atoms with Gasteiger partial charge in [0, 0.05) is 24.1 Å². The van der Waals surface area contributed by atoms with E-state index in [0.717, 1.165) is 23.5 Å². The van der Waals surface area contributed by atoms with E-state index in [1.807, 2.05) is 0 Å². The van der Waals surface area contributed by atoms with E-state index >= 15 is 0 Å². The Labute approximate surface area is 97.1 Å². The van der Waals surface area contributed by atoms with Gasteiger partial charge < -0.3 is 5.32 Å². The van der Waals surface area contributed by atoms with Crippen LogP contribution in [0.1, 0.15) is 6.92 Å². The Morgan fingerprint density at radius 1 is 1.31 bits per heavy atom. The van der Waals surface area contributed by atoms with Gasteiger partial charge in [0.25, 0.3) is 0 Å². The molecule has 0 saturated carbocycles. The van der Waals surface area contributed by atoms with Crippen molar-refractivity contribution in [3.8, 4) is 0 Å². The van der Waals surface area contributed by atoms with Gasteiger partial charge in [-0.05, 0) is 18.1 Å². The Bertz CT molecular complexity index is 400. The third-order valence-electron chi connectivity index (χ3n) is 2.16. The molecule has 1 N–H and O–H groups in total. The molecular weight excluding hydrogens is 230 g/mol.